The normalized spacial score (nSPS) is 11.8. The van der Waals surface area contributed by atoms with Crippen LogP contribution < -0.4 is 0 Å². The molecule has 1 amide bonds. The first-order chi connectivity index (χ1) is 12.3. The zero-order valence-corrected chi connectivity index (χ0v) is 15.5. The highest BCUT2D eigenvalue weighted by molar-refractivity contribution is 6.03. The predicted molar refractivity (Wildman–Crippen MR) is 98.3 cm³/mol. The standard InChI is InChI=1S/C20H24N2O4/c1-5-16-17(14(4)23)12(2)21-18(16)19(24)22(13(3)20(25)26)11-15-9-7-6-8-10-15/h6-10,13,21H,5,11H2,1-4H3,(H,25,26). The van der Waals surface area contributed by atoms with Crippen LogP contribution in [0.3, 0.4) is 0 Å². The number of aromatic nitrogens is 1. The number of nitrogens with one attached hydrogen (secondary N) is 1. The average molecular weight is 356 g/mol. The lowest BCUT2D eigenvalue weighted by Crippen LogP contribution is -2.43. The lowest BCUT2D eigenvalue weighted by molar-refractivity contribution is -0.141. The lowest BCUT2D eigenvalue weighted by atomic mass is 10.0. The molecular weight excluding hydrogens is 332 g/mol. The first-order valence-electron chi connectivity index (χ1n) is 8.57. The van der Waals surface area contributed by atoms with Crippen molar-refractivity contribution in [3.63, 3.8) is 0 Å². The van der Waals surface area contributed by atoms with Crippen LogP contribution in [-0.2, 0) is 17.8 Å². The van der Waals surface area contributed by atoms with Crippen LogP contribution in [0.5, 0.6) is 0 Å². The molecule has 0 spiro atoms. The van der Waals surface area contributed by atoms with Crippen molar-refractivity contribution in [3.8, 4) is 0 Å². The molecule has 0 saturated carbocycles. The molecule has 0 radical (unpaired) electrons. The van der Waals surface area contributed by atoms with E-state index in [2.05, 4.69) is 4.98 Å². The number of ketones is 1. The van der Waals surface area contributed by atoms with E-state index in [1.807, 2.05) is 37.3 Å². The van der Waals surface area contributed by atoms with Gasteiger partial charge in [-0.1, -0.05) is 37.3 Å². The zero-order valence-electron chi connectivity index (χ0n) is 15.5. The van der Waals surface area contributed by atoms with Gasteiger partial charge in [0.05, 0.1) is 0 Å². The largest absolute Gasteiger partial charge is 0.480 e. The summed E-state index contributed by atoms with van der Waals surface area (Å²) in [4.78, 5) is 41.0. The highest BCUT2D eigenvalue weighted by Gasteiger charge is 2.30. The number of benzene rings is 1. The highest BCUT2D eigenvalue weighted by Crippen LogP contribution is 2.23. The Labute approximate surface area is 152 Å². The zero-order chi connectivity index (χ0) is 19.4. The van der Waals surface area contributed by atoms with Gasteiger partial charge < -0.3 is 15.0 Å². The molecule has 138 valence electrons. The number of carboxylic acids is 1. The second-order valence-electron chi connectivity index (χ2n) is 6.32. The molecule has 6 nitrogen and oxygen atoms in total. The number of nitrogens with zero attached hydrogens (tertiary/aromatic N) is 1. The van der Waals surface area contributed by atoms with Crippen molar-refractivity contribution in [1.82, 2.24) is 9.88 Å². The Morgan fingerprint density at radius 2 is 1.81 bits per heavy atom. The predicted octanol–water partition coefficient (Wildman–Crippen LogP) is 3.20. The molecule has 0 aliphatic carbocycles. The first-order valence-corrected chi connectivity index (χ1v) is 8.57. The van der Waals surface area contributed by atoms with Gasteiger partial charge in [0.15, 0.2) is 5.78 Å². The molecule has 2 N–H and O–H groups in total. The molecule has 2 rings (SSSR count). The quantitative estimate of drug-likeness (QED) is 0.745. The van der Waals surface area contributed by atoms with Crippen molar-refractivity contribution < 1.29 is 19.5 Å². The smallest absolute Gasteiger partial charge is 0.326 e. The van der Waals surface area contributed by atoms with Gasteiger partial charge in [-0.25, -0.2) is 4.79 Å². The van der Waals surface area contributed by atoms with Crippen molar-refractivity contribution in [1.29, 1.82) is 0 Å². The van der Waals surface area contributed by atoms with Crippen LogP contribution in [0.2, 0.25) is 0 Å². The molecule has 6 heteroatoms. The molecule has 1 unspecified atom stereocenters. The van der Waals surface area contributed by atoms with Gasteiger partial charge in [-0.15, -0.1) is 0 Å². The van der Waals surface area contributed by atoms with Crippen LogP contribution in [0, 0.1) is 6.92 Å². The Bertz CT molecular complexity index is 824. The SMILES string of the molecule is CCc1c(C(=O)N(Cc2ccccc2)C(C)C(=O)O)[nH]c(C)c1C(C)=O. The summed E-state index contributed by atoms with van der Waals surface area (Å²) < 4.78 is 0. The number of amides is 1. The van der Waals surface area contributed by atoms with Gasteiger partial charge in [0.1, 0.15) is 11.7 Å². The van der Waals surface area contributed by atoms with Gasteiger partial charge in [-0.2, -0.15) is 0 Å². The second kappa shape index (κ2) is 7.99. The molecular formula is C20H24N2O4. The Kier molecular flexibility index (Phi) is 5.97. The summed E-state index contributed by atoms with van der Waals surface area (Å²) in [5.74, 6) is -1.62. The topological polar surface area (TPSA) is 90.5 Å². The maximum absolute atomic E-state index is 13.2. The van der Waals surface area contributed by atoms with Crippen LogP contribution in [0.4, 0.5) is 0 Å². The summed E-state index contributed by atoms with van der Waals surface area (Å²) in [5.41, 5.74) is 2.90. The van der Waals surface area contributed by atoms with Gasteiger partial charge in [-0.05, 0) is 38.3 Å². The summed E-state index contributed by atoms with van der Waals surface area (Å²) in [7, 11) is 0. The van der Waals surface area contributed by atoms with E-state index in [-0.39, 0.29) is 12.3 Å². The number of hydrogen-bond donors (Lipinski definition) is 2. The van der Waals surface area contributed by atoms with Crippen molar-refractivity contribution in [2.24, 2.45) is 0 Å². The Hall–Kier alpha value is -2.89. The lowest BCUT2D eigenvalue weighted by Gasteiger charge is -2.26. The maximum Gasteiger partial charge on any atom is 0.326 e. The molecule has 0 aliphatic heterocycles. The van der Waals surface area contributed by atoms with Gasteiger partial charge in [0.2, 0.25) is 0 Å². The van der Waals surface area contributed by atoms with Gasteiger partial charge in [0, 0.05) is 17.8 Å². The van der Waals surface area contributed by atoms with E-state index in [9.17, 15) is 19.5 Å². The minimum absolute atomic E-state index is 0.115. The summed E-state index contributed by atoms with van der Waals surface area (Å²) in [5, 5.41) is 9.44. The van der Waals surface area contributed by atoms with Crippen LogP contribution in [0.15, 0.2) is 30.3 Å². The van der Waals surface area contributed by atoms with Crippen molar-refractivity contribution in [2.75, 3.05) is 0 Å². The van der Waals surface area contributed by atoms with Crippen molar-refractivity contribution in [2.45, 2.75) is 46.7 Å². The third-order valence-corrected chi connectivity index (χ3v) is 4.49. The van der Waals surface area contributed by atoms with Crippen LogP contribution in [0.1, 0.15) is 58.4 Å². The van der Waals surface area contributed by atoms with Gasteiger partial charge >= 0.3 is 5.97 Å². The van der Waals surface area contributed by atoms with E-state index in [4.69, 9.17) is 0 Å². The van der Waals surface area contributed by atoms with Crippen molar-refractivity contribution in [3.05, 3.63) is 58.4 Å². The average Bonchev–Trinajstić information content (AvgIpc) is 2.95. The molecule has 1 heterocycles. The van der Waals surface area contributed by atoms with Gasteiger partial charge in [0.25, 0.3) is 5.91 Å². The van der Waals surface area contributed by atoms with Crippen molar-refractivity contribution >= 4 is 17.7 Å². The fourth-order valence-corrected chi connectivity index (χ4v) is 3.13. The molecule has 0 fully saturated rings. The fourth-order valence-electron chi connectivity index (χ4n) is 3.13. The Balaban J connectivity index is 2.48. The number of rotatable bonds is 7. The molecule has 0 bridgehead atoms. The fraction of sp³-hybridized carbons (Fsp3) is 0.350. The monoisotopic (exact) mass is 356 g/mol. The molecule has 1 aromatic heterocycles. The number of carbonyl (C=O) groups is 3. The van der Waals surface area contributed by atoms with E-state index >= 15 is 0 Å². The first kappa shape index (κ1) is 19.4. The number of H-pyrrole nitrogens is 1. The summed E-state index contributed by atoms with van der Waals surface area (Å²) in [6.45, 7) is 6.73. The number of Topliss-reactive ketones (excluding diaryl/α,β-unsaturated/α-hetero) is 1. The molecule has 0 saturated heterocycles. The van der Waals surface area contributed by atoms with Crippen LogP contribution in [0.25, 0.3) is 0 Å². The number of aromatic amines is 1. The highest BCUT2D eigenvalue weighted by atomic mass is 16.4. The summed E-state index contributed by atoms with van der Waals surface area (Å²) in [6.07, 6.45) is 0.501. The second-order valence-corrected chi connectivity index (χ2v) is 6.32. The van der Waals surface area contributed by atoms with Crippen LogP contribution in [-0.4, -0.2) is 38.7 Å². The van der Waals surface area contributed by atoms with E-state index in [0.717, 1.165) is 5.56 Å². The third-order valence-electron chi connectivity index (χ3n) is 4.49. The van der Waals surface area contributed by atoms with Gasteiger partial charge in [-0.3, -0.25) is 9.59 Å². The van der Waals surface area contributed by atoms with E-state index in [1.54, 1.807) is 6.92 Å². The number of carbonyl (C=O) groups excluding carboxylic acids is 2. The van der Waals surface area contributed by atoms with Crippen LogP contribution >= 0.6 is 0 Å². The molecule has 1 atom stereocenters. The molecule has 26 heavy (non-hydrogen) atoms. The summed E-state index contributed by atoms with van der Waals surface area (Å²) >= 11 is 0. The molecule has 2 aromatic rings. The third kappa shape index (κ3) is 3.85. The van der Waals surface area contributed by atoms with E-state index in [1.165, 1.54) is 18.7 Å². The molecule has 0 aliphatic rings. The Morgan fingerprint density at radius 1 is 1.19 bits per heavy atom. The molecule has 1 aromatic carbocycles. The number of aryl methyl sites for hydroxylation is 1. The minimum atomic E-state index is -1.08. The maximum atomic E-state index is 13.2. The number of carboxylic acid groups (broad SMARTS) is 1. The summed E-state index contributed by atoms with van der Waals surface area (Å²) in [6, 6.07) is 8.23. The minimum Gasteiger partial charge on any atom is -0.480 e. The van der Waals surface area contributed by atoms with E-state index in [0.29, 0.717) is 28.9 Å². The van der Waals surface area contributed by atoms with E-state index < -0.39 is 17.9 Å². The number of aliphatic carboxylic acids is 1. The number of hydrogen-bond acceptors (Lipinski definition) is 3. The Morgan fingerprint density at radius 3 is 2.31 bits per heavy atom.